The summed E-state index contributed by atoms with van der Waals surface area (Å²) in [6, 6.07) is 10.5. The molecule has 5 heteroatoms. The Hall–Kier alpha value is -2.01. The van der Waals surface area contributed by atoms with Crippen molar-refractivity contribution in [2.24, 2.45) is 5.73 Å². The maximum Gasteiger partial charge on any atom is 0.267 e. The molecule has 0 spiro atoms. The van der Waals surface area contributed by atoms with Crippen molar-refractivity contribution in [1.29, 1.82) is 0 Å². The van der Waals surface area contributed by atoms with Crippen LogP contribution in [0.25, 0.3) is 0 Å². The number of thiocarbonyl (C=S) groups is 1. The molecule has 2 rings (SSSR count). The van der Waals surface area contributed by atoms with E-state index in [0.717, 1.165) is 11.1 Å². The Morgan fingerprint density at radius 3 is 2.59 bits per heavy atom. The van der Waals surface area contributed by atoms with Gasteiger partial charge in [0, 0.05) is 17.8 Å². The Balaban J connectivity index is 2.23. The van der Waals surface area contributed by atoms with Gasteiger partial charge in [0.1, 0.15) is 4.99 Å². The molecule has 0 fully saturated rings. The molecule has 0 radical (unpaired) electrons. The van der Waals surface area contributed by atoms with E-state index in [1.54, 1.807) is 12.3 Å². The van der Waals surface area contributed by atoms with Gasteiger partial charge in [0.15, 0.2) is 0 Å². The Labute approximate surface area is 104 Å². The standard InChI is InChI=1S/C12H11N3OS/c13-12(17)10-5-3-9(4-6-10)8-15-11(16)2-1-7-14-15/h1-7H,8H2,(H2,13,17). The molecular formula is C12H11N3OS. The minimum absolute atomic E-state index is 0.120. The average molecular weight is 245 g/mol. The van der Waals surface area contributed by atoms with E-state index in [1.807, 2.05) is 24.3 Å². The van der Waals surface area contributed by atoms with Gasteiger partial charge in [0.25, 0.3) is 5.56 Å². The molecule has 0 amide bonds. The Morgan fingerprint density at radius 2 is 2.00 bits per heavy atom. The number of benzene rings is 1. The first-order valence-electron chi connectivity index (χ1n) is 5.08. The lowest BCUT2D eigenvalue weighted by molar-refractivity contribution is 0.639. The third-order valence-corrected chi connectivity index (χ3v) is 2.59. The monoisotopic (exact) mass is 245 g/mol. The van der Waals surface area contributed by atoms with Crippen LogP contribution in [-0.2, 0) is 6.54 Å². The normalized spacial score (nSPS) is 10.1. The first-order chi connectivity index (χ1) is 8.16. The van der Waals surface area contributed by atoms with Gasteiger partial charge in [-0.05, 0) is 11.6 Å². The van der Waals surface area contributed by atoms with Crippen LogP contribution < -0.4 is 11.3 Å². The molecule has 17 heavy (non-hydrogen) atoms. The van der Waals surface area contributed by atoms with Crippen molar-refractivity contribution in [3.63, 3.8) is 0 Å². The predicted octanol–water partition coefficient (Wildman–Crippen LogP) is 0.926. The Kier molecular flexibility index (Phi) is 3.30. The fourth-order valence-corrected chi connectivity index (χ4v) is 1.59. The molecule has 1 aromatic heterocycles. The first-order valence-corrected chi connectivity index (χ1v) is 5.48. The van der Waals surface area contributed by atoms with Crippen LogP contribution in [0.5, 0.6) is 0 Å². The largest absolute Gasteiger partial charge is 0.389 e. The summed E-state index contributed by atoms with van der Waals surface area (Å²) in [5, 5.41) is 3.98. The van der Waals surface area contributed by atoms with Crippen LogP contribution in [0.15, 0.2) is 47.4 Å². The molecule has 2 aromatic rings. The van der Waals surface area contributed by atoms with E-state index >= 15 is 0 Å². The summed E-state index contributed by atoms with van der Waals surface area (Å²) in [5.74, 6) is 0. The average Bonchev–Trinajstić information content (AvgIpc) is 2.33. The predicted molar refractivity (Wildman–Crippen MR) is 69.9 cm³/mol. The molecule has 1 aromatic carbocycles. The molecule has 86 valence electrons. The van der Waals surface area contributed by atoms with E-state index in [0.29, 0.717) is 11.5 Å². The van der Waals surface area contributed by atoms with Gasteiger partial charge < -0.3 is 5.73 Å². The van der Waals surface area contributed by atoms with Gasteiger partial charge in [-0.2, -0.15) is 5.10 Å². The van der Waals surface area contributed by atoms with E-state index in [2.05, 4.69) is 5.10 Å². The summed E-state index contributed by atoms with van der Waals surface area (Å²) in [7, 11) is 0. The van der Waals surface area contributed by atoms with Crippen molar-refractivity contribution < 1.29 is 0 Å². The van der Waals surface area contributed by atoms with Crippen molar-refractivity contribution in [1.82, 2.24) is 9.78 Å². The number of hydrogen-bond acceptors (Lipinski definition) is 3. The molecule has 4 nitrogen and oxygen atoms in total. The van der Waals surface area contributed by atoms with Crippen LogP contribution in [0, 0.1) is 0 Å². The molecule has 0 aliphatic heterocycles. The summed E-state index contributed by atoms with van der Waals surface area (Å²) in [5.41, 5.74) is 7.18. The molecule has 0 atom stereocenters. The fourth-order valence-electron chi connectivity index (χ4n) is 1.45. The van der Waals surface area contributed by atoms with Crippen molar-refractivity contribution >= 4 is 17.2 Å². The molecule has 1 heterocycles. The van der Waals surface area contributed by atoms with Crippen molar-refractivity contribution in [3.8, 4) is 0 Å². The lowest BCUT2D eigenvalue weighted by Crippen LogP contribution is -2.21. The molecule has 0 saturated carbocycles. The van der Waals surface area contributed by atoms with Crippen LogP contribution in [-0.4, -0.2) is 14.8 Å². The second kappa shape index (κ2) is 4.88. The quantitative estimate of drug-likeness (QED) is 0.817. The molecule has 2 N–H and O–H groups in total. The van der Waals surface area contributed by atoms with Crippen LogP contribution in [0.2, 0.25) is 0 Å². The maximum absolute atomic E-state index is 11.5. The van der Waals surface area contributed by atoms with Crippen molar-refractivity contribution in [3.05, 3.63) is 64.1 Å². The summed E-state index contributed by atoms with van der Waals surface area (Å²) in [6.45, 7) is 0.442. The summed E-state index contributed by atoms with van der Waals surface area (Å²) in [4.78, 5) is 11.8. The molecule has 0 saturated heterocycles. The second-order valence-corrected chi connectivity index (χ2v) is 4.02. The highest BCUT2D eigenvalue weighted by Crippen LogP contribution is 2.05. The lowest BCUT2D eigenvalue weighted by Gasteiger charge is -2.04. The van der Waals surface area contributed by atoms with Crippen molar-refractivity contribution in [2.45, 2.75) is 6.54 Å². The van der Waals surface area contributed by atoms with Crippen LogP contribution >= 0.6 is 12.2 Å². The van der Waals surface area contributed by atoms with Gasteiger partial charge in [-0.3, -0.25) is 4.79 Å². The van der Waals surface area contributed by atoms with Gasteiger partial charge in [-0.15, -0.1) is 0 Å². The summed E-state index contributed by atoms with van der Waals surface area (Å²) >= 11 is 4.87. The van der Waals surface area contributed by atoms with Crippen molar-refractivity contribution in [2.75, 3.05) is 0 Å². The zero-order valence-electron chi connectivity index (χ0n) is 9.04. The number of aromatic nitrogens is 2. The number of hydrogen-bond donors (Lipinski definition) is 1. The number of rotatable bonds is 3. The highest BCUT2D eigenvalue weighted by molar-refractivity contribution is 7.80. The zero-order chi connectivity index (χ0) is 12.3. The van der Waals surface area contributed by atoms with Gasteiger partial charge in [-0.1, -0.05) is 36.5 Å². The topological polar surface area (TPSA) is 60.9 Å². The highest BCUT2D eigenvalue weighted by atomic mass is 32.1. The Morgan fingerprint density at radius 1 is 1.29 bits per heavy atom. The molecule has 0 bridgehead atoms. The third kappa shape index (κ3) is 2.76. The summed E-state index contributed by atoms with van der Waals surface area (Å²) in [6.07, 6.45) is 1.59. The summed E-state index contributed by atoms with van der Waals surface area (Å²) < 4.78 is 1.40. The minimum atomic E-state index is -0.120. The highest BCUT2D eigenvalue weighted by Gasteiger charge is 1.99. The van der Waals surface area contributed by atoms with Crippen LogP contribution in [0.1, 0.15) is 11.1 Å². The third-order valence-electron chi connectivity index (χ3n) is 2.36. The van der Waals surface area contributed by atoms with Gasteiger partial charge in [0.2, 0.25) is 0 Å². The number of nitrogens with two attached hydrogens (primary N) is 1. The van der Waals surface area contributed by atoms with E-state index in [-0.39, 0.29) is 5.56 Å². The zero-order valence-corrected chi connectivity index (χ0v) is 9.85. The van der Waals surface area contributed by atoms with Gasteiger partial charge >= 0.3 is 0 Å². The van der Waals surface area contributed by atoms with E-state index in [1.165, 1.54) is 10.7 Å². The fraction of sp³-hybridized carbons (Fsp3) is 0.0833. The van der Waals surface area contributed by atoms with Gasteiger partial charge in [-0.25, -0.2) is 4.68 Å². The van der Waals surface area contributed by atoms with E-state index in [9.17, 15) is 4.79 Å². The second-order valence-electron chi connectivity index (χ2n) is 3.58. The SMILES string of the molecule is NC(=S)c1ccc(Cn2ncccc2=O)cc1. The lowest BCUT2D eigenvalue weighted by atomic mass is 10.1. The van der Waals surface area contributed by atoms with E-state index in [4.69, 9.17) is 18.0 Å². The smallest absolute Gasteiger partial charge is 0.267 e. The number of nitrogens with zero attached hydrogens (tertiary/aromatic N) is 2. The first kappa shape index (κ1) is 11.5. The molecule has 0 aliphatic rings. The molecular weight excluding hydrogens is 234 g/mol. The van der Waals surface area contributed by atoms with E-state index < -0.39 is 0 Å². The minimum Gasteiger partial charge on any atom is -0.389 e. The Bertz CT molecular complexity index is 589. The molecule has 0 aliphatic carbocycles. The maximum atomic E-state index is 11.5. The van der Waals surface area contributed by atoms with Crippen LogP contribution in [0.4, 0.5) is 0 Å². The molecule has 0 unspecified atom stereocenters. The van der Waals surface area contributed by atoms with Crippen LogP contribution in [0.3, 0.4) is 0 Å². The van der Waals surface area contributed by atoms with Gasteiger partial charge in [0.05, 0.1) is 6.54 Å².